The maximum Gasteiger partial charge on any atom is 0.416 e. The molecule has 1 unspecified atom stereocenters. The van der Waals surface area contributed by atoms with E-state index in [4.69, 9.17) is 9.47 Å². The molecule has 8 nitrogen and oxygen atoms in total. The Balaban J connectivity index is 1.34. The van der Waals surface area contributed by atoms with Crippen molar-refractivity contribution in [2.24, 2.45) is 0 Å². The summed E-state index contributed by atoms with van der Waals surface area (Å²) in [6.07, 6.45) is -0.151. The number of carbonyl (C=O) groups is 1. The zero-order chi connectivity index (χ0) is 23.7. The number of likely N-dealkylation sites (tertiary alicyclic amines) is 1. The van der Waals surface area contributed by atoms with Crippen molar-refractivity contribution >= 4 is 11.6 Å². The van der Waals surface area contributed by atoms with Crippen LogP contribution in [0, 0.1) is 0 Å². The van der Waals surface area contributed by atoms with E-state index in [1.807, 2.05) is 23.1 Å². The van der Waals surface area contributed by atoms with Gasteiger partial charge in [0, 0.05) is 6.04 Å². The van der Waals surface area contributed by atoms with Crippen molar-refractivity contribution in [1.82, 2.24) is 19.7 Å². The molecule has 3 heterocycles. The first kappa shape index (κ1) is 22.2. The van der Waals surface area contributed by atoms with Crippen molar-refractivity contribution in [3.8, 4) is 17.2 Å². The summed E-state index contributed by atoms with van der Waals surface area (Å²) in [5.74, 6) is 0.967. The first-order valence-corrected chi connectivity index (χ1v) is 10.9. The Morgan fingerprint density at radius 2 is 1.94 bits per heavy atom. The maximum absolute atomic E-state index is 13.3. The molecule has 1 aromatic heterocycles. The minimum Gasteiger partial charge on any atom is -0.486 e. The lowest BCUT2D eigenvalue weighted by molar-refractivity contribution is -0.137. The topological polar surface area (TPSA) is 81.5 Å². The van der Waals surface area contributed by atoms with Crippen molar-refractivity contribution in [3.63, 3.8) is 0 Å². The maximum atomic E-state index is 13.3. The number of nitrogens with one attached hydrogen (secondary N) is 1. The molecular weight excluding hydrogens is 451 g/mol. The van der Waals surface area contributed by atoms with Gasteiger partial charge >= 0.3 is 6.18 Å². The number of hydrogen-bond acceptors (Lipinski definition) is 6. The molecule has 2 aromatic carbocycles. The molecule has 1 atom stereocenters. The van der Waals surface area contributed by atoms with Crippen molar-refractivity contribution in [3.05, 3.63) is 60.2 Å². The van der Waals surface area contributed by atoms with E-state index in [9.17, 15) is 18.0 Å². The van der Waals surface area contributed by atoms with E-state index in [1.165, 1.54) is 23.4 Å². The molecule has 0 saturated carbocycles. The summed E-state index contributed by atoms with van der Waals surface area (Å²) in [5.41, 5.74) is 0.461. The highest BCUT2D eigenvalue weighted by Crippen LogP contribution is 2.38. The lowest BCUT2D eigenvalue weighted by Gasteiger charge is -2.26. The standard InChI is InChI=1S/C23H22F3N5O3/c24-23(25,26)16-4-5-19(31-14-27-13-28-31)17(11-16)29-22(32)12-30-7-1-2-18(30)15-3-6-20-21(10-15)34-9-8-33-20/h3-6,10-11,13-14,18H,1-2,7-9,12H2,(H,29,32). The van der Waals surface area contributed by atoms with Crippen LogP contribution in [0.3, 0.4) is 0 Å². The molecule has 2 aliphatic heterocycles. The molecule has 1 N–H and O–H groups in total. The number of aromatic nitrogens is 3. The number of benzene rings is 2. The van der Waals surface area contributed by atoms with Crippen molar-refractivity contribution in [1.29, 1.82) is 0 Å². The number of alkyl halides is 3. The fourth-order valence-electron chi connectivity index (χ4n) is 4.38. The van der Waals surface area contributed by atoms with E-state index >= 15 is 0 Å². The lowest BCUT2D eigenvalue weighted by Crippen LogP contribution is -2.33. The zero-order valence-corrected chi connectivity index (χ0v) is 18.1. The van der Waals surface area contributed by atoms with Crippen LogP contribution in [0.25, 0.3) is 5.69 Å². The van der Waals surface area contributed by atoms with E-state index in [0.717, 1.165) is 30.5 Å². The zero-order valence-electron chi connectivity index (χ0n) is 18.1. The third kappa shape index (κ3) is 4.56. The van der Waals surface area contributed by atoms with Gasteiger partial charge in [-0.25, -0.2) is 9.67 Å². The average molecular weight is 473 g/mol. The van der Waals surface area contributed by atoms with Crippen LogP contribution in [0.1, 0.15) is 30.0 Å². The lowest BCUT2D eigenvalue weighted by atomic mass is 10.0. The summed E-state index contributed by atoms with van der Waals surface area (Å²) in [5, 5.41) is 6.62. The van der Waals surface area contributed by atoms with Gasteiger partial charge in [-0.3, -0.25) is 9.69 Å². The Hall–Kier alpha value is -3.60. The van der Waals surface area contributed by atoms with Gasteiger partial charge in [0.05, 0.1) is 23.5 Å². The fraction of sp³-hybridized carbons (Fsp3) is 0.348. The van der Waals surface area contributed by atoms with Gasteiger partial charge in [-0.2, -0.15) is 18.3 Å². The van der Waals surface area contributed by atoms with Crippen molar-refractivity contribution < 1.29 is 27.4 Å². The quantitative estimate of drug-likeness (QED) is 0.607. The molecule has 2 aliphatic rings. The van der Waals surface area contributed by atoms with Gasteiger partial charge in [0.2, 0.25) is 5.91 Å². The largest absolute Gasteiger partial charge is 0.486 e. The fourth-order valence-corrected chi connectivity index (χ4v) is 4.38. The average Bonchev–Trinajstić information content (AvgIpc) is 3.50. The smallest absolute Gasteiger partial charge is 0.416 e. The molecule has 0 aliphatic carbocycles. The van der Waals surface area contributed by atoms with Crippen molar-refractivity contribution in [2.75, 3.05) is 31.6 Å². The monoisotopic (exact) mass is 473 g/mol. The summed E-state index contributed by atoms with van der Waals surface area (Å²) >= 11 is 0. The first-order valence-electron chi connectivity index (χ1n) is 10.9. The third-order valence-electron chi connectivity index (χ3n) is 5.92. The second-order valence-electron chi connectivity index (χ2n) is 8.15. The second kappa shape index (κ2) is 8.98. The Bertz CT molecular complexity index is 1180. The predicted octanol–water partition coefficient (Wildman–Crippen LogP) is 3.83. The van der Waals surface area contributed by atoms with E-state index in [2.05, 4.69) is 15.4 Å². The number of anilines is 1. The Kier molecular flexibility index (Phi) is 5.86. The van der Waals surface area contributed by atoms with E-state index in [0.29, 0.717) is 36.9 Å². The van der Waals surface area contributed by atoms with Crippen LogP contribution < -0.4 is 14.8 Å². The molecule has 5 rings (SSSR count). The first-order chi connectivity index (χ1) is 16.4. The van der Waals surface area contributed by atoms with E-state index in [1.54, 1.807) is 0 Å². The molecule has 0 spiro atoms. The molecule has 11 heteroatoms. The number of rotatable bonds is 5. The van der Waals surface area contributed by atoms with Crippen LogP contribution in [-0.4, -0.2) is 51.9 Å². The Morgan fingerprint density at radius 3 is 2.71 bits per heavy atom. The minimum atomic E-state index is -4.54. The van der Waals surface area contributed by atoms with Crippen molar-refractivity contribution in [2.45, 2.75) is 25.1 Å². The highest BCUT2D eigenvalue weighted by Gasteiger charge is 2.32. The molecule has 0 radical (unpaired) electrons. The van der Waals surface area contributed by atoms with Crippen LogP contribution >= 0.6 is 0 Å². The number of nitrogens with zero attached hydrogens (tertiary/aromatic N) is 4. The Morgan fingerprint density at radius 1 is 1.12 bits per heavy atom. The van der Waals surface area contributed by atoms with Gasteiger partial charge in [-0.1, -0.05) is 6.07 Å². The molecule has 34 heavy (non-hydrogen) atoms. The normalized spacial score (nSPS) is 18.1. The van der Waals surface area contributed by atoms with Gasteiger partial charge < -0.3 is 14.8 Å². The third-order valence-corrected chi connectivity index (χ3v) is 5.92. The molecular formula is C23H22F3N5O3. The van der Waals surface area contributed by atoms with E-state index in [-0.39, 0.29) is 18.3 Å². The summed E-state index contributed by atoms with van der Waals surface area (Å²) in [4.78, 5) is 18.8. The number of fused-ring (bicyclic) bond motifs is 1. The Labute approximate surface area is 193 Å². The molecule has 178 valence electrons. The summed E-state index contributed by atoms with van der Waals surface area (Å²) in [6, 6.07) is 8.89. The number of amides is 1. The molecule has 1 saturated heterocycles. The van der Waals surface area contributed by atoms with Gasteiger partial charge in [-0.05, 0) is 55.3 Å². The van der Waals surface area contributed by atoms with E-state index < -0.39 is 17.6 Å². The number of halogens is 3. The van der Waals surface area contributed by atoms with Gasteiger partial charge in [0.1, 0.15) is 25.9 Å². The van der Waals surface area contributed by atoms with Gasteiger partial charge in [0.25, 0.3) is 0 Å². The van der Waals surface area contributed by atoms with Crippen LogP contribution in [0.2, 0.25) is 0 Å². The number of ether oxygens (including phenoxy) is 2. The van der Waals surface area contributed by atoms with Gasteiger partial charge in [-0.15, -0.1) is 0 Å². The minimum absolute atomic E-state index is 0.00197. The molecule has 3 aromatic rings. The number of hydrogen-bond donors (Lipinski definition) is 1. The highest BCUT2D eigenvalue weighted by molar-refractivity contribution is 5.94. The second-order valence-corrected chi connectivity index (χ2v) is 8.15. The molecule has 1 amide bonds. The molecule has 1 fully saturated rings. The van der Waals surface area contributed by atoms with Gasteiger partial charge in [0.15, 0.2) is 11.5 Å². The number of carbonyl (C=O) groups excluding carboxylic acids is 1. The van der Waals surface area contributed by atoms with Crippen LogP contribution in [0.5, 0.6) is 11.5 Å². The SMILES string of the molecule is O=C(CN1CCCC1c1ccc2c(c1)OCCO2)Nc1cc(C(F)(F)F)ccc1-n1cncn1. The van der Waals surface area contributed by atoms with Crippen LogP contribution in [0.4, 0.5) is 18.9 Å². The summed E-state index contributed by atoms with van der Waals surface area (Å²) < 4.78 is 52.4. The molecule has 0 bridgehead atoms. The summed E-state index contributed by atoms with van der Waals surface area (Å²) in [6.45, 7) is 1.73. The van der Waals surface area contributed by atoms with Crippen LogP contribution in [-0.2, 0) is 11.0 Å². The van der Waals surface area contributed by atoms with Crippen LogP contribution in [0.15, 0.2) is 49.1 Å². The highest BCUT2D eigenvalue weighted by atomic mass is 19.4. The predicted molar refractivity (Wildman–Crippen MR) is 116 cm³/mol. The summed E-state index contributed by atoms with van der Waals surface area (Å²) in [7, 11) is 0.